The predicted molar refractivity (Wildman–Crippen MR) is 178 cm³/mol. The molecule has 2 aromatic carbocycles. The number of nitrogens with zero attached hydrogens (tertiary/aromatic N) is 2. The highest BCUT2D eigenvalue weighted by atomic mass is 127. The van der Waals surface area contributed by atoms with E-state index in [2.05, 4.69) is 67.7 Å². The summed E-state index contributed by atoms with van der Waals surface area (Å²) in [6, 6.07) is 8.82. The van der Waals surface area contributed by atoms with E-state index in [1.54, 1.807) is 24.7 Å². The molecule has 1 aromatic heterocycles. The zero-order valence-corrected chi connectivity index (χ0v) is 28.8. The highest BCUT2D eigenvalue weighted by Crippen LogP contribution is 2.36. The first-order chi connectivity index (χ1) is 19.2. The molecule has 0 radical (unpaired) electrons. The Morgan fingerprint density at radius 2 is 1.95 bits per heavy atom. The van der Waals surface area contributed by atoms with Gasteiger partial charge in [-0.05, 0) is 116 Å². The molecule has 11 heteroatoms. The van der Waals surface area contributed by atoms with Gasteiger partial charge in [0.15, 0.2) is 4.80 Å². The van der Waals surface area contributed by atoms with Crippen LogP contribution in [0.15, 0.2) is 68.5 Å². The van der Waals surface area contributed by atoms with Gasteiger partial charge < -0.3 is 14.2 Å². The van der Waals surface area contributed by atoms with Crippen molar-refractivity contribution >= 4 is 84.5 Å². The Balaban J connectivity index is 1.95. The summed E-state index contributed by atoms with van der Waals surface area (Å²) in [4.78, 5) is 32.7. The molecule has 0 spiro atoms. The molecule has 3 aromatic rings. The second-order valence-electron chi connectivity index (χ2n) is 8.72. The van der Waals surface area contributed by atoms with E-state index in [1.165, 1.54) is 11.3 Å². The maximum absolute atomic E-state index is 14.0. The number of allylic oxidation sites excluding steroid dienone is 1. The SMILES string of the molecule is C=CCOc1c(I)cc(/C=c2\sc3n(c2=O)C(c2ccc(OC)c(Br)c2)C(C(=O)OCC)=C(CCC)N=3)cc1I. The molecule has 0 aliphatic carbocycles. The number of halogens is 3. The summed E-state index contributed by atoms with van der Waals surface area (Å²) < 4.78 is 21.4. The van der Waals surface area contributed by atoms with E-state index in [1.807, 2.05) is 43.3 Å². The van der Waals surface area contributed by atoms with Gasteiger partial charge in [0.1, 0.15) is 18.1 Å². The third-order valence-electron chi connectivity index (χ3n) is 6.05. The van der Waals surface area contributed by atoms with Gasteiger partial charge in [-0.1, -0.05) is 43.4 Å². The van der Waals surface area contributed by atoms with Crippen molar-refractivity contribution in [3.8, 4) is 11.5 Å². The van der Waals surface area contributed by atoms with Crippen molar-refractivity contribution in [1.82, 2.24) is 4.57 Å². The minimum absolute atomic E-state index is 0.217. The summed E-state index contributed by atoms with van der Waals surface area (Å²) in [5.74, 6) is 0.963. The Morgan fingerprint density at radius 1 is 1.23 bits per heavy atom. The first kappa shape index (κ1) is 31.0. The standard InChI is InChI=1S/C29H27BrI2N2O5S/c1-5-8-21-24(28(36)38-7-3)25(17-9-10-22(37-4)18(30)15-17)34-27(35)23(40-29(34)33-21)14-16-12-19(31)26(20(32)13-16)39-11-6-2/h6,9-10,12-15,25H,2,5,7-8,11H2,1,3-4H3/b23-14-. The van der Waals surface area contributed by atoms with Gasteiger partial charge in [-0.2, -0.15) is 0 Å². The van der Waals surface area contributed by atoms with Crippen molar-refractivity contribution < 1.29 is 19.0 Å². The highest BCUT2D eigenvalue weighted by Gasteiger charge is 2.34. The maximum atomic E-state index is 14.0. The van der Waals surface area contributed by atoms with Crippen LogP contribution in [0.25, 0.3) is 6.08 Å². The predicted octanol–water partition coefficient (Wildman–Crippen LogP) is 6.12. The highest BCUT2D eigenvalue weighted by molar-refractivity contribution is 14.1. The van der Waals surface area contributed by atoms with Crippen molar-refractivity contribution in [3.05, 3.63) is 96.7 Å². The van der Waals surface area contributed by atoms with Gasteiger partial charge in [0.05, 0.1) is 47.2 Å². The number of esters is 1. The van der Waals surface area contributed by atoms with Gasteiger partial charge in [0.2, 0.25) is 0 Å². The van der Waals surface area contributed by atoms with Crippen LogP contribution in [-0.4, -0.2) is 30.9 Å². The molecule has 7 nitrogen and oxygen atoms in total. The molecule has 0 fully saturated rings. The number of methoxy groups -OCH3 is 1. The van der Waals surface area contributed by atoms with Crippen molar-refractivity contribution in [2.24, 2.45) is 4.99 Å². The zero-order chi connectivity index (χ0) is 29.0. The Bertz CT molecular complexity index is 1660. The van der Waals surface area contributed by atoms with Gasteiger partial charge in [0.25, 0.3) is 5.56 Å². The van der Waals surface area contributed by atoms with Crippen molar-refractivity contribution in [1.29, 1.82) is 0 Å². The topological polar surface area (TPSA) is 79.1 Å². The fourth-order valence-electron chi connectivity index (χ4n) is 4.38. The summed E-state index contributed by atoms with van der Waals surface area (Å²) in [6.45, 7) is 8.14. The van der Waals surface area contributed by atoms with E-state index in [4.69, 9.17) is 19.2 Å². The van der Waals surface area contributed by atoms with E-state index in [0.29, 0.717) is 39.4 Å². The molecule has 1 aliphatic heterocycles. The number of hydrogen-bond donors (Lipinski definition) is 0. The third-order valence-corrected chi connectivity index (χ3v) is 9.25. The second-order valence-corrected chi connectivity index (χ2v) is 12.9. The minimum atomic E-state index is -0.698. The van der Waals surface area contributed by atoms with Crippen LogP contribution in [0, 0.1) is 7.14 Å². The van der Waals surface area contributed by atoms with Gasteiger partial charge in [-0.25, -0.2) is 9.79 Å². The molecule has 2 heterocycles. The van der Waals surface area contributed by atoms with Crippen molar-refractivity contribution in [2.75, 3.05) is 20.3 Å². The molecule has 0 N–H and O–H groups in total. The fraction of sp³-hybridized carbons (Fsp3) is 0.276. The lowest BCUT2D eigenvalue weighted by molar-refractivity contribution is -0.139. The summed E-state index contributed by atoms with van der Waals surface area (Å²) in [6.07, 6.45) is 4.93. The maximum Gasteiger partial charge on any atom is 0.338 e. The van der Waals surface area contributed by atoms with Crippen LogP contribution in [0.2, 0.25) is 0 Å². The second kappa shape index (κ2) is 13.8. The van der Waals surface area contributed by atoms with Gasteiger partial charge in [-0.15, -0.1) is 0 Å². The normalized spacial score (nSPS) is 14.9. The zero-order valence-electron chi connectivity index (χ0n) is 22.1. The average molecular weight is 849 g/mol. The van der Waals surface area contributed by atoms with Crippen LogP contribution in [0.1, 0.15) is 43.9 Å². The van der Waals surface area contributed by atoms with Gasteiger partial charge in [0, 0.05) is 0 Å². The number of hydrogen-bond acceptors (Lipinski definition) is 7. The molecule has 210 valence electrons. The molecule has 0 bridgehead atoms. The number of fused-ring (bicyclic) bond motifs is 1. The Hall–Kier alpha value is -1.97. The van der Waals surface area contributed by atoms with Crippen LogP contribution >= 0.6 is 72.4 Å². The third kappa shape index (κ3) is 6.41. The van der Waals surface area contributed by atoms with Gasteiger partial charge >= 0.3 is 5.97 Å². The largest absolute Gasteiger partial charge is 0.496 e. The Morgan fingerprint density at radius 3 is 2.55 bits per heavy atom. The molecule has 1 aliphatic rings. The Labute approximate surface area is 272 Å². The number of rotatable bonds is 10. The molecule has 1 unspecified atom stereocenters. The van der Waals surface area contributed by atoms with Crippen molar-refractivity contribution in [2.45, 2.75) is 32.7 Å². The van der Waals surface area contributed by atoms with Crippen LogP contribution in [0.4, 0.5) is 0 Å². The van der Waals surface area contributed by atoms with E-state index in [-0.39, 0.29) is 12.2 Å². The summed E-state index contributed by atoms with van der Waals surface area (Å²) in [5.41, 5.74) is 2.41. The number of thiazole rings is 1. The van der Waals surface area contributed by atoms with Gasteiger partial charge in [-0.3, -0.25) is 9.36 Å². The molecule has 40 heavy (non-hydrogen) atoms. The van der Waals surface area contributed by atoms with Crippen molar-refractivity contribution in [3.63, 3.8) is 0 Å². The number of ether oxygens (including phenoxy) is 3. The van der Waals surface area contributed by atoms with E-state index in [9.17, 15) is 9.59 Å². The molecule has 0 amide bonds. The lowest BCUT2D eigenvalue weighted by Crippen LogP contribution is -2.40. The van der Waals surface area contributed by atoms with E-state index < -0.39 is 12.0 Å². The summed E-state index contributed by atoms with van der Waals surface area (Å²) >= 11 is 9.34. The first-order valence-electron chi connectivity index (χ1n) is 12.5. The Kier molecular flexibility index (Phi) is 10.7. The fourth-order valence-corrected chi connectivity index (χ4v) is 8.09. The molecular formula is C29H27BrI2N2O5S. The molecule has 1 atom stereocenters. The van der Waals surface area contributed by atoms with Crippen LogP contribution in [0.3, 0.4) is 0 Å². The lowest BCUT2D eigenvalue weighted by atomic mass is 9.94. The molecule has 0 saturated heterocycles. The monoisotopic (exact) mass is 848 g/mol. The molecule has 0 saturated carbocycles. The van der Waals surface area contributed by atoms with Crippen LogP contribution < -0.4 is 24.4 Å². The van der Waals surface area contributed by atoms with E-state index in [0.717, 1.165) is 34.9 Å². The molecular weight excluding hydrogens is 822 g/mol. The van der Waals surface area contributed by atoms with Crippen LogP contribution in [-0.2, 0) is 9.53 Å². The first-order valence-corrected chi connectivity index (χ1v) is 16.3. The summed E-state index contributed by atoms with van der Waals surface area (Å²) in [5, 5.41) is 0. The number of aromatic nitrogens is 1. The quantitative estimate of drug-likeness (QED) is 0.140. The molecule has 4 rings (SSSR count). The summed E-state index contributed by atoms with van der Waals surface area (Å²) in [7, 11) is 1.59. The number of benzene rings is 2. The van der Waals surface area contributed by atoms with E-state index >= 15 is 0 Å². The number of carbonyl (C=O) groups excluding carboxylic acids is 1. The average Bonchev–Trinajstić information content (AvgIpc) is 3.22. The van der Waals surface area contributed by atoms with Crippen LogP contribution in [0.5, 0.6) is 11.5 Å². The smallest absolute Gasteiger partial charge is 0.338 e. The lowest BCUT2D eigenvalue weighted by Gasteiger charge is -2.26. The number of carbonyl (C=O) groups is 1. The minimum Gasteiger partial charge on any atom is -0.496 e.